The zero-order valence-corrected chi connectivity index (χ0v) is 12.6. The second-order valence-electron chi connectivity index (χ2n) is 6.17. The quantitative estimate of drug-likeness (QED) is 0.813. The van der Waals surface area contributed by atoms with Crippen molar-refractivity contribution in [3.8, 4) is 0 Å². The van der Waals surface area contributed by atoms with E-state index in [1.165, 1.54) is 39.3 Å². The number of ether oxygens (including phenoxy) is 1. The van der Waals surface area contributed by atoms with E-state index in [0.29, 0.717) is 11.8 Å². The molecule has 0 atom stereocenters. The molecule has 5 nitrogen and oxygen atoms in total. The smallest absolute Gasteiger partial charge is 0.374 e. The average molecular weight is 292 g/mol. The molecule has 1 N–H and O–H groups in total. The van der Waals surface area contributed by atoms with Crippen LogP contribution in [0.1, 0.15) is 41.8 Å². The minimum Gasteiger partial charge on any atom is -0.463 e. The summed E-state index contributed by atoms with van der Waals surface area (Å²) in [5.74, 6) is 0.888. The molecule has 1 saturated heterocycles. The zero-order valence-electron chi connectivity index (χ0n) is 12.6. The molecule has 0 radical (unpaired) electrons. The van der Waals surface area contributed by atoms with Gasteiger partial charge in [-0.2, -0.15) is 0 Å². The number of nitrogens with zero attached hydrogens (tertiary/aromatic N) is 1. The number of nitrogens with one attached hydrogen (secondary N) is 1. The van der Waals surface area contributed by atoms with Crippen molar-refractivity contribution >= 4 is 5.97 Å². The van der Waals surface area contributed by atoms with E-state index in [2.05, 4.69) is 10.2 Å². The molecule has 1 saturated carbocycles. The molecule has 5 heteroatoms. The Balaban J connectivity index is 1.46. The fraction of sp³-hybridized carbons (Fsp3) is 0.688. The second-order valence-corrected chi connectivity index (χ2v) is 6.17. The molecular formula is C16H24N2O3. The van der Waals surface area contributed by atoms with Crippen molar-refractivity contribution in [2.45, 2.75) is 38.3 Å². The fourth-order valence-electron chi connectivity index (χ4n) is 2.92. The van der Waals surface area contributed by atoms with Gasteiger partial charge < -0.3 is 14.5 Å². The molecule has 0 spiro atoms. The largest absolute Gasteiger partial charge is 0.463 e. The van der Waals surface area contributed by atoms with Crippen LogP contribution in [-0.4, -0.2) is 43.7 Å². The Morgan fingerprint density at radius 2 is 2.14 bits per heavy atom. The SMILES string of the molecule is COC(=O)c1occc1CN1CCC(NCC2CC2)CC1. The van der Waals surface area contributed by atoms with Crippen molar-refractivity contribution in [2.75, 3.05) is 26.7 Å². The first-order valence-corrected chi connectivity index (χ1v) is 7.86. The highest BCUT2D eigenvalue weighted by atomic mass is 16.5. The Morgan fingerprint density at radius 3 is 2.81 bits per heavy atom. The first-order chi connectivity index (χ1) is 10.3. The lowest BCUT2D eigenvalue weighted by Gasteiger charge is -2.32. The number of rotatable bonds is 6. The molecule has 1 aromatic heterocycles. The minimum absolute atomic E-state index is 0.339. The molecule has 1 aliphatic carbocycles. The lowest BCUT2D eigenvalue weighted by Crippen LogP contribution is -2.42. The molecule has 1 aromatic rings. The van der Waals surface area contributed by atoms with Gasteiger partial charge in [-0.3, -0.25) is 4.90 Å². The fourth-order valence-corrected chi connectivity index (χ4v) is 2.92. The summed E-state index contributed by atoms with van der Waals surface area (Å²) in [5.41, 5.74) is 0.922. The van der Waals surface area contributed by atoms with E-state index in [1.807, 2.05) is 6.07 Å². The summed E-state index contributed by atoms with van der Waals surface area (Å²) in [4.78, 5) is 14.0. The average Bonchev–Trinajstić information content (AvgIpc) is 3.24. The third kappa shape index (κ3) is 3.86. The highest BCUT2D eigenvalue weighted by molar-refractivity contribution is 5.87. The number of likely N-dealkylation sites (tertiary alicyclic amines) is 1. The third-order valence-electron chi connectivity index (χ3n) is 4.49. The maximum absolute atomic E-state index is 11.6. The first-order valence-electron chi connectivity index (χ1n) is 7.86. The van der Waals surface area contributed by atoms with E-state index in [4.69, 9.17) is 9.15 Å². The molecule has 21 heavy (non-hydrogen) atoms. The number of carbonyl (C=O) groups is 1. The molecule has 3 rings (SSSR count). The summed E-state index contributed by atoms with van der Waals surface area (Å²) < 4.78 is 9.98. The minimum atomic E-state index is -0.393. The Bertz CT molecular complexity index is 474. The standard InChI is InChI=1S/C16H24N2O3/c1-20-16(19)15-13(6-9-21-15)11-18-7-4-14(5-8-18)17-10-12-2-3-12/h6,9,12,14,17H,2-5,7-8,10-11H2,1H3. The molecule has 0 aromatic carbocycles. The Kier molecular flexibility index (Phi) is 4.60. The van der Waals surface area contributed by atoms with Gasteiger partial charge in [0.15, 0.2) is 0 Å². The molecule has 1 aliphatic heterocycles. The summed E-state index contributed by atoms with van der Waals surface area (Å²) in [6.45, 7) is 4.08. The number of hydrogen-bond donors (Lipinski definition) is 1. The summed E-state index contributed by atoms with van der Waals surface area (Å²) >= 11 is 0. The van der Waals surface area contributed by atoms with Crippen LogP contribution in [0, 0.1) is 5.92 Å². The summed E-state index contributed by atoms with van der Waals surface area (Å²) in [6, 6.07) is 2.52. The van der Waals surface area contributed by atoms with E-state index in [1.54, 1.807) is 6.26 Å². The Labute approximate surface area is 125 Å². The van der Waals surface area contributed by atoms with Gasteiger partial charge in [0.1, 0.15) is 0 Å². The van der Waals surface area contributed by atoms with Gasteiger partial charge in [0.05, 0.1) is 13.4 Å². The normalized spacial score (nSPS) is 20.6. The van der Waals surface area contributed by atoms with Crippen LogP contribution in [0.5, 0.6) is 0 Å². The predicted octanol–water partition coefficient (Wildman–Crippen LogP) is 2.03. The van der Waals surface area contributed by atoms with Gasteiger partial charge in [0.25, 0.3) is 0 Å². The number of hydrogen-bond acceptors (Lipinski definition) is 5. The lowest BCUT2D eigenvalue weighted by atomic mass is 10.0. The number of carbonyl (C=O) groups excluding carboxylic acids is 1. The topological polar surface area (TPSA) is 54.7 Å². The van der Waals surface area contributed by atoms with Gasteiger partial charge >= 0.3 is 5.97 Å². The van der Waals surface area contributed by atoms with Crippen LogP contribution in [-0.2, 0) is 11.3 Å². The Hall–Kier alpha value is -1.33. The van der Waals surface area contributed by atoms with Crippen molar-refractivity contribution in [1.29, 1.82) is 0 Å². The molecule has 0 bridgehead atoms. The van der Waals surface area contributed by atoms with Crippen molar-refractivity contribution in [3.05, 3.63) is 23.7 Å². The number of methoxy groups -OCH3 is 1. The van der Waals surface area contributed by atoms with Crippen molar-refractivity contribution in [3.63, 3.8) is 0 Å². The van der Waals surface area contributed by atoms with Gasteiger partial charge in [-0.25, -0.2) is 4.79 Å². The number of furan rings is 1. The van der Waals surface area contributed by atoms with Crippen molar-refractivity contribution < 1.29 is 13.9 Å². The van der Waals surface area contributed by atoms with E-state index < -0.39 is 5.97 Å². The van der Waals surface area contributed by atoms with Crippen LogP contribution in [0.15, 0.2) is 16.7 Å². The van der Waals surface area contributed by atoms with Crippen LogP contribution in [0.2, 0.25) is 0 Å². The second kappa shape index (κ2) is 6.62. The molecular weight excluding hydrogens is 268 g/mol. The number of piperidine rings is 1. The summed E-state index contributed by atoms with van der Waals surface area (Å²) in [5, 5.41) is 3.68. The van der Waals surface area contributed by atoms with Gasteiger partial charge in [0.2, 0.25) is 5.76 Å². The molecule has 2 fully saturated rings. The van der Waals surface area contributed by atoms with Crippen LogP contribution >= 0.6 is 0 Å². The van der Waals surface area contributed by atoms with Crippen LogP contribution in [0.25, 0.3) is 0 Å². The third-order valence-corrected chi connectivity index (χ3v) is 4.49. The molecule has 0 unspecified atom stereocenters. The summed E-state index contributed by atoms with van der Waals surface area (Å²) in [7, 11) is 1.38. The van der Waals surface area contributed by atoms with Crippen molar-refractivity contribution in [2.24, 2.45) is 5.92 Å². The maximum atomic E-state index is 11.6. The van der Waals surface area contributed by atoms with Gasteiger partial charge in [-0.1, -0.05) is 0 Å². The zero-order chi connectivity index (χ0) is 14.7. The monoisotopic (exact) mass is 292 g/mol. The Morgan fingerprint density at radius 1 is 1.38 bits per heavy atom. The molecule has 2 aliphatic rings. The number of esters is 1. The lowest BCUT2D eigenvalue weighted by molar-refractivity contribution is 0.0561. The van der Waals surface area contributed by atoms with Gasteiger partial charge in [0, 0.05) is 18.2 Å². The van der Waals surface area contributed by atoms with Gasteiger partial charge in [-0.15, -0.1) is 0 Å². The van der Waals surface area contributed by atoms with Crippen LogP contribution in [0.3, 0.4) is 0 Å². The van der Waals surface area contributed by atoms with E-state index in [9.17, 15) is 4.79 Å². The van der Waals surface area contributed by atoms with E-state index >= 15 is 0 Å². The van der Waals surface area contributed by atoms with E-state index in [0.717, 1.165) is 31.1 Å². The van der Waals surface area contributed by atoms with Gasteiger partial charge in [-0.05, 0) is 57.3 Å². The molecule has 0 amide bonds. The highest BCUT2D eigenvalue weighted by Gasteiger charge is 2.25. The molecule has 2 heterocycles. The molecule has 116 valence electrons. The van der Waals surface area contributed by atoms with Crippen LogP contribution in [0.4, 0.5) is 0 Å². The van der Waals surface area contributed by atoms with Crippen molar-refractivity contribution in [1.82, 2.24) is 10.2 Å². The van der Waals surface area contributed by atoms with Crippen LogP contribution < -0.4 is 5.32 Å². The summed E-state index contributed by atoms with van der Waals surface area (Å²) in [6.07, 6.45) is 6.73. The highest BCUT2D eigenvalue weighted by Crippen LogP contribution is 2.28. The predicted molar refractivity (Wildman–Crippen MR) is 79.1 cm³/mol. The maximum Gasteiger partial charge on any atom is 0.374 e. The van der Waals surface area contributed by atoms with E-state index in [-0.39, 0.29) is 0 Å². The first kappa shape index (κ1) is 14.6.